The third kappa shape index (κ3) is 4.82. The number of pyridine rings is 1. The second-order valence-electron chi connectivity index (χ2n) is 3.42. The molecule has 17 heavy (non-hydrogen) atoms. The van der Waals surface area contributed by atoms with E-state index in [1.165, 1.54) is 0 Å². The molecular formula is C12H19N3O2. The Hall–Kier alpha value is -1.62. The second-order valence-corrected chi connectivity index (χ2v) is 3.42. The molecule has 0 atom stereocenters. The van der Waals surface area contributed by atoms with Crippen LogP contribution in [0.4, 0.5) is 5.69 Å². The Labute approximate surface area is 102 Å². The van der Waals surface area contributed by atoms with Gasteiger partial charge >= 0.3 is 0 Å². The number of anilines is 1. The molecule has 0 fully saturated rings. The standard InChI is InChI=1S/C12H19N3O2/c1-3-13-10-5-6-11(15-9-10)12(16)14-7-8-17-4-2/h5-6,9,13H,3-4,7-8H2,1-2H3,(H,14,16). The molecule has 0 unspecified atom stereocenters. The molecule has 1 rings (SSSR count). The first kappa shape index (κ1) is 13.4. The van der Waals surface area contributed by atoms with Gasteiger partial charge in [0.2, 0.25) is 0 Å². The number of nitrogens with zero attached hydrogens (tertiary/aromatic N) is 1. The van der Waals surface area contributed by atoms with Crippen LogP contribution >= 0.6 is 0 Å². The topological polar surface area (TPSA) is 63.2 Å². The molecule has 0 saturated heterocycles. The normalized spacial score (nSPS) is 10.0. The van der Waals surface area contributed by atoms with Gasteiger partial charge in [-0.05, 0) is 26.0 Å². The third-order valence-corrected chi connectivity index (χ3v) is 2.11. The molecule has 2 N–H and O–H groups in total. The van der Waals surface area contributed by atoms with Crippen molar-refractivity contribution in [1.29, 1.82) is 0 Å². The molecule has 0 aromatic carbocycles. The first-order valence-corrected chi connectivity index (χ1v) is 5.83. The van der Waals surface area contributed by atoms with Gasteiger partial charge in [-0.3, -0.25) is 4.79 Å². The molecule has 1 amide bonds. The smallest absolute Gasteiger partial charge is 0.269 e. The van der Waals surface area contributed by atoms with Crippen LogP contribution in [0, 0.1) is 0 Å². The predicted octanol–water partition coefficient (Wildman–Crippen LogP) is 1.28. The maximum Gasteiger partial charge on any atom is 0.269 e. The van der Waals surface area contributed by atoms with E-state index in [1.54, 1.807) is 12.3 Å². The van der Waals surface area contributed by atoms with Gasteiger partial charge in [0.05, 0.1) is 18.5 Å². The lowest BCUT2D eigenvalue weighted by molar-refractivity contribution is 0.0918. The van der Waals surface area contributed by atoms with Crippen LogP contribution in [0.2, 0.25) is 0 Å². The monoisotopic (exact) mass is 237 g/mol. The van der Waals surface area contributed by atoms with E-state index in [4.69, 9.17) is 4.74 Å². The van der Waals surface area contributed by atoms with E-state index >= 15 is 0 Å². The van der Waals surface area contributed by atoms with Gasteiger partial charge in [-0.1, -0.05) is 0 Å². The van der Waals surface area contributed by atoms with Crippen molar-refractivity contribution in [2.75, 3.05) is 31.6 Å². The SMILES string of the molecule is CCNc1ccc(C(=O)NCCOCC)nc1. The Morgan fingerprint density at radius 3 is 2.82 bits per heavy atom. The quantitative estimate of drug-likeness (QED) is 0.701. The van der Waals surface area contributed by atoms with E-state index < -0.39 is 0 Å². The number of amides is 1. The van der Waals surface area contributed by atoms with Crippen LogP contribution in [-0.2, 0) is 4.74 Å². The summed E-state index contributed by atoms with van der Waals surface area (Å²) >= 11 is 0. The third-order valence-electron chi connectivity index (χ3n) is 2.11. The molecule has 0 bridgehead atoms. The molecule has 5 nitrogen and oxygen atoms in total. The van der Waals surface area contributed by atoms with E-state index in [0.717, 1.165) is 12.2 Å². The lowest BCUT2D eigenvalue weighted by Gasteiger charge is -2.06. The molecule has 1 heterocycles. The highest BCUT2D eigenvalue weighted by Crippen LogP contribution is 2.05. The fraction of sp³-hybridized carbons (Fsp3) is 0.500. The van der Waals surface area contributed by atoms with Crippen LogP contribution in [0.25, 0.3) is 0 Å². The fourth-order valence-electron chi connectivity index (χ4n) is 1.31. The largest absolute Gasteiger partial charge is 0.384 e. The highest BCUT2D eigenvalue weighted by molar-refractivity contribution is 5.92. The summed E-state index contributed by atoms with van der Waals surface area (Å²) in [4.78, 5) is 15.7. The molecule has 5 heteroatoms. The van der Waals surface area contributed by atoms with Gasteiger partial charge in [0.25, 0.3) is 5.91 Å². The summed E-state index contributed by atoms with van der Waals surface area (Å²) in [6.45, 7) is 6.45. The Kier molecular flexibility index (Phi) is 6.03. The summed E-state index contributed by atoms with van der Waals surface area (Å²) in [5, 5.41) is 5.86. The highest BCUT2D eigenvalue weighted by Gasteiger charge is 2.05. The Bertz CT molecular complexity index is 338. The average Bonchev–Trinajstić information content (AvgIpc) is 2.36. The molecule has 1 aromatic rings. The molecule has 0 saturated carbocycles. The van der Waals surface area contributed by atoms with Gasteiger partial charge < -0.3 is 15.4 Å². The van der Waals surface area contributed by atoms with Crippen LogP contribution in [0.1, 0.15) is 24.3 Å². The highest BCUT2D eigenvalue weighted by atomic mass is 16.5. The minimum absolute atomic E-state index is 0.173. The Morgan fingerprint density at radius 1 is 1.41 bits per heavy atom. The number of hydrogen-bond donors (Lipinski definition) is 2. The summed E-state index contributed by atoms with van der Waals surface area (Å²) < 4.78 is 5.13. The van der Waals surface area contributed by atoms with E-state index in [9.17, 15) is 4.79 Å². The number of carbonyl (C=O) groups excluding carboxylic acids is 1. The van der Waals surface area contributed by atoms with Gasteiger partial charge in [0.15, 0.2) is 0 Å². The predicted molar refractivity (Wildman–Crippen MR) is 67.2 cm³/mol. The van der Waals surface area contributed by atoms with Crippen molar-refractivity contribution >= 4 is 11.6 Å². The summed E-state index contributed by atoms with van der Waals surface area (Å²) in [7, 11) is 0. The Balaban J connectivity index is 2.40. The van der Waals surface area contributed by atoms with E-state index in [0.29, 0.717) is 25.5 Å². The fourth-order valence-corrected chi connectivity index (χ4v) is 1.31. The molecular weight excluding hydrogens is 218 g/mol. The summed E-state index contributed by atoms with van der Waals surface area (Å²) in [5.41, 5.74) is 1.33. The number of carbonyl (C=O) groups is 1. The number of aromatic nitrogens is 1. The average molecular weight is 237 g/mol. The minimum Gasteiger partial charge on any atom is -0.384 e. The van der Waals surface area contributed by atoms with E-state index in [1.807, 2.05) is 19.9 Å². The second kappa shape index (κ2) is 7.62. The first-order chi connectivity index (χ1) is 8.27. The number of hydrogen-bond acceptors (Lipinski definition) is 4. The van der Waals surface area contributed by atoms with Gasteiger partial charge in [-0.2, -0.15) is 0 Å². The zero-order valence-corrected chi connectivity index (χ0v) is 10.3. The van der Waals surface area contributed by atoms with Crippen LogP contribution in [0.5, 0.6) is 0 Å². The number of rotatable bonds is 7. The number of ether oxygens (including phenoxy) is 1. The van der Waals surface area contributed by atoms with Crippen molar-refractivity contribution in [3.63, 3.8) is 0 Å². The van der Waals surface area contributed by atoms with Crippen molar-refractivity contribution in [3.8, 4) is 0 Å². The molecule has 1 aromatic heterocycles. The zero-order chi connectivity index (χ0) is 12.5. The lowest BCUT2D eigenvalue weighted by Crippen LogP contribution is -2.27. The van der Waals surface area contributed by atoms with Crippen molar-refractivity contribution in [2.45, 2.75) is 13.8 Å². The van der Waals surface area contributed by atoms with E-state index in [-0.39, 0.29) is 5.91 Å². The first-order valence-electron chi connectivity index (χ1n) is 5.83. The van der Waals surface area contributed by atoms with Crippen molar-refractivity contribution in [3.05, 3.63) is 24.0 Å². The molecule has 0 aliphatic rings. The molecule has 0 spiro atoms. The van der Waals surface area contributed by atoms with Gasteiger partial charge in [-0.25, -0.2) is 4.98 Å². The molecule has 94 valence electrons. The van der Waals surface area contributed by atoms with Crippen molar-refractivity contribution in [2.24, 2.45) is 0 Å². The lowest BCUT2D eigenvalue weighted by atomic mass is 10.3. The zero-order valence-electron chi connectivity index (χ0n) is 10.3. The Morgan fingerprint density at radius 2 is 2.24 bits per heavy atom. The van der Waals surface area contributed by atoms with Gasteiger partial charge in [0.1, 0.15) is 5.69 Å². The summed E-state index contributed by atoms with van der Waals surface area (Å²) in [5.74, 6) is -0.173. The number of nitrogens with one attached hydrogen (secondary N) is 2. The van der Waals surface area contributed by atoms with Crippen molar-refractivity contribution in [1.82, 2.24) is 10.3 Å². The summed E-state index contributed by atoms with van der Waals surface area (Å²) in [6.07, 6.45) is 1.65. The van der Waals surface area contributed by atoms with Crippen LogP contribution in [-0.4, -0.2) is 37.2 Å². The van der Waals surface area contributed by atoms with Crippen LogP contribution < -0.4 is 10.6 Å². The molecule has 0 aliphatic heterocycles. The summed E-state index contributed by atoms with van der Waals surface area (Å²) in [6, 6.07) is 3.54. The van der Waals surface area contributed by atoms with E-state index in [2.05, 4.69) is 15.6 Å². The van der Waals surface area contributed by atoms with Gasteiger partial charge in [-0.15, -0.1) is 0 Å². The van der Waals surface area contributed by atoms with Crippen LogP contribution in [0.15, 0.2) is 18.3 Å². The van der Waals surface area contributed by atoms with Gasteiger partial charge in [0, 0.05) is 19.7 Å². The van der Waals surface area contributed by atoms with Crippen molar-refractivity contribution < 1.29 is 9.53 Å². The maximum absolute atomic E-state index is 11.6. The molecule has 0 aliphatic carbocycles. The maximum atomic E-state index is 11.6. The van der Waals surface area contributed by atoms with Crippen LogP contribution in [0.3, 0.4) is 0 Å². The minimum atomic E-state index is -0.173. The molecule has 0 radical (unpaired) electrons.